The molecule has 0 bridgehead atoms. The fourth-order valence-corrected chi connectivity index (χ4v) is 7.17. The topological polar surface area (TPSA) is 102 Å². The fraction of sp³-hybridized carbons (Fsp3) is 0.235. The molecule has 0 fully saturated rings. The number of aliphatic hydroxyl groups is 1. The Morgan fingerprint density at radius 2 is 1.85 bits per heavy atom. The number of benzene rings is 3. The minimum absolute atomic E-state index is 0.0726. The lowest BCUT2D eigenvalue weighted by Crippen LogP contribution is -2.31. The molecular formula is C34H31Cl2N3O5S2. The Labute approximate surface area is 285 Å². The van der Waals surface area contributed by atoms with Gasteiger partial charge in [0.05, 0.1) is 24.8 Å². The Hall–Kier alpha value is -3.83. The normalized spacial score (nSPS) is 14.8. The summed E-state index contributed by atoms with van der Waals surface area (Å²) in [6, 6.07) is 18.8. The van der Waals surface area contributed by atoms with Crippen molar-refractivity contribution in [3.05, 3.63) is 111 Å². The second-order valence-corrected chi connectivity index (χ2v) is 13.2. The van der Waals surface area contributed by atoms with E-state index in [1.807, 2.05) is 43.3 Å². The van der Waals surface area contributed by atoms with Gasteiger partial charge in [0.2, 0.25) is 5.13 Å². The molecule has 1 N–H and O–H groups in total. The molecule has 12 heteroatoms. The molecule has 8 nitrogen and oxygen atoms in total. The van der Waals surface area contributed by atoms with E-state index in [1.165, 1.54) is 34.1 Å². The number of allylic oxidation sites excluding steroid dienone is 1. The molecule has 238 valence electrons. The summed E-state index contributed by atoms with van der Waals surface area (Å²) < 4.78 is 12.4. The number of ether oxygens (including phenoxy) is 2. The lowest BCUT2D eigenvalue weighted by molar-refractivity contribution is -0.117. The van der Waals surface area contributed by atoms with Crippen LogP contribution in [-0.2, 0) is 15.3 Å². The first-order chi connectivity index (χ1) is 22.3. The standard InChI is InChI=1S/C34H31Cl2N3O5S2/c1-3-5-17-44-27-16-13-22(18-28(27)43-4-2)30-29(26(40)15-11-21-9-7-6-8-10-21)31(41)32(42)39(30)33-37-38-34(46-33)45-20-23-12-14-24(35)19-25(23)36/h6-16,18-19,30,41H,3-5,17,20H2,1-2H3. The maximum absolute atomic E-state index is 13.7. The summed E-state index contributed by atoms with van der Waals surface area (Å²) >= 11 is 14.9. The van der Waals surface area contributed by atoms with Gasteiger partial charge in [-0.3, -0.25) is 14.5 Å². The summed E-state index contributed by atoms with van der Waals surface area (Å²) in [7, 11) is 0. The van der Waals surface area contributed by atoms with Gasteiger partial charge in [-0.25, -0.2) is 0 Å². The van der Waals surface area contributed by atoms with Crippen LogP contribution in [0.4, 0.5) is 5.13 Å². The van der Waals surface area contributed by atoms with Crippen molar-refractivity contribution < 1.29 is 24.2 Å². The molecule has 1 aromatic heterocycles. The Kier molecular flexibility index (Phi) is 11.4. The number of anilines is 1. The number of rotatable bonds is 14. The van der Waals surface area contributed by atoms with Crippen molar-refractivity contribution in [1.29, 1.82) is 0 Å². The number of ketones is 1. The molecule has 1 aliphatic heterocycles. The Balaban J connectivity index is 1.50. The molecule has 0 aliphatic carbocycles. The molecule has 1 aliphatic rings. The Bertz CT molecular complexity index is 1780. The summed E-state index contributed by atoms with van der Waals surface area (Å²) in [5.41, 5.74) is 2.13. The molecule has 46 heavy (non-hydrogen) atoms. The number of thioether (sulfide) groups is 1. The number of nitrogens with zero attached hydrogens (tertiary/aromatic N) is 3. The lowest BCUT2D eigenvalue weighted by atomic mass is 9.95. The zero-order valence-corrected chi connectivity index (χ0v) is 28.3. The van der Waals surface area contributed by atoms with Crippen molar-refractivity contribution in [2.24, 2.45) is 0 Å². The third kappa shape index (κ3) is 7.75. The number of aromatic nitrogens is 2. The van der Waals surface area contributed by atoms with Gasteiger partial charge in [-0.05, 0) is 60.4 Å². The number of hydrogen-bond donors (Lipinski definition) is 1. The van der Waals surface area contributed by atoms with Gasteiger partial charge in [-0.1, -0.05) is 108 Å². The summed E-state index contributed by atoms with van der Waals surface area (Å²) in [6.45, 7) is 4.84. The van der Waals surface area contributed by atoms with Crippen molar-refractivity contribution in [3.8, 4) is 11.5 Å². The van der Waals surface area contributed by atoms with E-state index in [-0.39, 0.29) is 10.7 Å². The second-order valence-electron chi connectivity index (χ2n) is 10.2. The highest BCUT2D eigenvalue weighted by atomic mass is 35.5. The molecule has 5 rings (SSSR count). The summed E-state index contributed by atoms with van der Waals surface area (Å²) in [5, 5.41) is 21.1. The number of aliphatic hydroxyl groups excluding tert-OH is 1. The molecule has 1 atom stereocenters. The predicted molar refractivity (Wildman–Crippen MR) is 184 cm³/mol. The molecule has 3 aromatic carbocycles. The van der Waals surface area contributed by atoms with E-state index in [2.05, 4.69) is 17.1 Å². The van der Waals surface area contributed by atoms with E-state index >= 15 is 0 Å². The van der Waals surface area contributed by atoms with Crippen LogP contribution in [0, 0.1) is 0 Å². The molecule has 0 saturated carbocycles. The van der Waals surface area contributed by atoms with Crippen molar-refractivity contribution in [1.82, 2.24) is 10.2 Å². The highest BCUT2D eigenvalue weighted by Gasteiger charge is 2.45. The van der Waals surface area contributed by atoms with E-state index < -0.39 is 23.5 Å². The van der Waals surface area contributed by atoms with Crippen LogP contribution >= 0.6 is 46.3 Å². The van der Waals surface area contributed by atoms with E-state index in [1.54, 1.807) is 36.4 Å². The van der Waals surface area contributed by atoms with Crippen molar-refractivity contribution in [2.45, 2.75) is 42.8 Å². The lowest BCUT2D eigenvalue weighted by Gasteiger charge is -2.24. The fourth-order valence-electron chi connectivity index (χ4n) is 4.74. The number of carbonyl (C=O) groups excluding carboxylic acids is 2. The van der Waals surface area contributed by atoms with Gasteiger partial charge in [0.25, 0.3) is 5.91 Å². The minimum Gasteiger partial charge on any atom is -0.503 e. The third-order valence-corrected chi connectivity index (χ3v) is 9.70. The highest BCUT2D eigenvalue weighted by molar-refractivity contribution is 8.00. The van der Waals surface area contributed by atoms with Gasteiger partial charge in [-0.15, -0.1) is 10.2 Å². The molecule has 2 heterocycles. The summed E-state index contributed by atoms with van der Waals surface area (Å²) in [4.78, 5) is 28.7. The van der Waals surface area contributed by atoms with Crippen LogP contribution in [0.2, 0.25) is 10.0 Å². The van der Waals surface area contributed by atoms with Gasteiger partial charge < -0.3 is 14.6 Å². The van der Waals surface area contributed by atoms with Crippen LogP contribution in [0.1, 0.15) is 49.4 Å². The second kappa shape index (κ2) is 15.6. The predicted octanol–water partition coefficient (Wildman–Crippen LogP) is 8.90. The van der Waals surface area contributed by atoms with Gasteiger partial charge in [0, 0.05) is 15.8 Å². The molecule has 1 unspecified atom stereocenters. The smallest absolute Gasteiger partial charge is 0.296 e. The van der Waals surface area contributed by atoms with Crippen molar-refractivity contribution in [3.63, 3.8) is 0 Å². The average molecular weight is 697 g/mol. The number of halogens is 2. The van der Waals surface area contributed by atoms with Gasteiger partial charge in [0.1, 0.15) is 0 Å². The number of unbranched alkanes of at least 4 members (excludes halogenated alkanes) is 1. The SMILES string of the molecule is CCCCOc1ccc(C2C(C(=O)C=Cc3ccccc3)=C(O)C(=O)N2c2nnc(SCc3ccc(Cl)cc3Cl)s2)cc1OCC. The van der Waals surface area contributed by atoms with E-state index in [0.29, 0.717) is 50.4 Å². The first kappa shape index (κ1) is 33.5. The van der Waals surface area contributed by atoms with Crippen LogP contribution in [-0.4, -0.2) is 40.2 Å². The first-order valence-electron chi connectivity index (χ1n) is 14.6. The van der Waals surface area contributed by atoms with Crippen LogP contribution in [0.5, 0.6) is 11.5 Å². The van der Waals surface area contributed by atoms with Gasteiger partial charge >= 0.3 is 0 Å². The number of amides is 1. The average Bonchev–Trinajstić information content (AvgIpc) is 3.62. The highest BCUT2D eigenvalue weighted by Crippen LogP contribution is 2.45. The van der Waals surface area contributed by atoms with E-state index in [9.17, 15) is 14.7 Å². The monoisotopic (exact) mass is 695 g/mol. The zero-order chi connectivity index (χ0) is 32.6. The van der Waals surface area contributed by atoms with E-state index in [4.69, 9.17) is 32.7 Å². The van der Waals surface area contributed by atoms with Crippen LogP contribution < -0.4 is 14.4 Å². The quantitative estimate of drug-likeness (QED) is 0.0604. The van der Waals surface area contributed by atoms with E-state index in [0.717, 1.165) is 24.0 Å². The Morgan fingerprint density at radius 1 is 1.04 bits per heavy atom. The molecule has 0 radical (unpaired) electrons. The van der Waals surface area contributed by atoms with Crippen LogP contribution in [0.3, 0.4) is 0 Å². The largest absolute Gasteiger partial charge is 0.503 e. The maximum Gasteiger partial charge on any atom is 0.296 e. The van der Waals surface area contributed by atoms with Crippen molar-refractivity contribution in [2.75, 3.05) is 18.1 Å². The van der Waals surface area contributed by atoms with Crippen LogP contribution in [0.25, 0.3) is 6.08 Å². The molecule has 0 spiro atoms. The first-order valence-corrected chi connectivity index (χ1v) is 17.2. The number of carbonyl (C=O) groups is 2. The molecule has 1 amide bonds. The van der Waals surface area contributed by atoms with Gasteiger partial charge in [-0.2, -0.15) is 0 Å². The summed E-state index contributed by atoms with van der Waals surface area (Å²) in [5.74, 6) is -0.399. The molecular weight excluding hydrogens is 665 g/mol. The van der Waals surface area contributed by atoms with Crippen molar-refractivity contribution >= 4 is 69.2 Å². The van der Waals surface area contributed by atoms with Gasteiger partial charge in [0.15, 0.2) is 27.4 Å². The zero-order valence-electron chi connectivity index (χ0n) is 25.1. The Morgan fingerprint density at radius 3 is 2.59 bits per heavy atom. The number of hydrogen-bond acceptors (Lipinski definition) is 9. The maximum atomic E-state index is 13.7. The van der Waals surface area contributed by atoms with Crippen LogP contribution in [0.15, 0.2) is 88.5 Å². The molecule has 4 aromatic rings. The third-order valence-electron chi connectivity index (χ3n) is 7.01. The summed E-state index contributed by atoms with van der Waals surface area (Å²) in [6.07, 6.45) is 4.85. The molecule has 0 saturated heterocycles. The minimum atomic E-state index is -0.999.